The predicted molar refractivity (Wildman–Crippen MR) is 65.8 cm³/mol. The van der Waals surface area contributed by atoms with Gasteiger partial charge in [0.25, 0.3) is 0 Å². The minimum absolute atomic E-state index is 0.166. The van der Waals surface area contributed by atoms with Crippen LogP contribution in [0.1, 0.15) is 17.8 Å². The van der Waals surface area contributed by atoms with Crippen LogP contribution < -0.4 is 11.4 Å². The maximum Gasteiger partial charge on any atom is 0.343 e. The Bertz CT molecular complexity index is 515. The van der Waals surface area contributed by atoms with Crippen molar-refractivity contribution in [2.24, 2.45) is 5.73 Å². The van der Waals surface area contributed by atoms with Crippen LogP contribution in [0, 0.1) is 0 Å². The molecule has 0 aliphatic heterocycles. The Labute approximate surface area is 99.3 Å². The fourth-order valence-electron chi connectivity index (χ4n) is 1.65. The highest BCUT2D eigenvalue weighted by atomic mass is 16.1. The van der Waals surface area contributed by atoms with Crippen LogP contribution in [0.25, 0.3) is 0 Å². The molecule has 0 amide bonds. The van der Waals surface area contributed by atoms with Crippen molar-refractivity contribution in [3.63, 3.8) is 0 Å². The highest BCUT2D eigenvalue weighted by Gasteiger charge is 2.04. The molecule has 90 valence electrons. The van der Waals surface area contributed by atoms with Crippen molar-refractivity contribution in [2.45, 2.75) is 19.4 Å². The summed E-state index contributed by atoms with van der Waals surface area (Å²) in [4.78, 5) is 14.4. The molecule has 0 saturated heterocycles. The smallest absolute Gasteiger partial charge is 0.330 e. The molecule has 2 rings (SSSR count). The van der Waals surface area contributed by atoms with Gasteiger partial charge in [0.15, 0.2) is 0 Å². The van der Waals surface area contributed by atoms with Crippen LogP contribution in [0.15, 0.2) is 35.1 Å². The first-order valence-corrected chi connectivity index (χ1v) is 5.69. The van der Waals surface area contributed by atoms with Gasteiger partial charge in [0.1, 0.15) is 5.82 Å². The second-order valence-electron chi connectivity index (χ2n) is 3.91. The summed E-state index contributed by atoms with van der Waals surface area (Å²) in [7, 11) is 0. The van der Waals surface area contributed by atoms with Crippen LogP contribution in [0.5, 0.6) is 0 Å². The lowest BCUT2D eigenvalue weighted by atomic mass is 10.2. The maximum atomic E-state index is 11.6. The number of aromatic nitrogens is 3. The third-order valence-electron chi connectivity index (χ3n) is 2.52. The fourth-order valence-corrected chi connectivity index (χ4v) is 1.65. The van der Waals surface area contributed by atoms with Gasteiger partial charge in [0.2, 0.25) is 0 Å². The summed E-state index contributed by atoms with van der Waals surface area (Å²) in [6.45, 7) is 1.10. The Morgan fingerprint density at radius 3 is 2.76 bits per heavy atom. The molecule has 5 nitrogen and oxygen atoms in total. The summed E-state index contributed by atoms with van der Waals surface area (Å²) in [6, 6.07) is 9.79. The zero-order chi connectivity index (χ0) is 12.1. The van der Waals surface area contributed by atoms with Crippen molar-refractivity contribution in [1.82, 2.24) is 14.8 Å². The number of aromatic amines is 1. The second kappa shape index (κ2) is 5.45. The molecule has 1 aromatic heterocycles. The summed E-state index contributed by atoms with van der Waals surface area (Å²) >= 11 is 0. The standard InChI is InChI=1S/C12H16N4O/c13-8-4-7-11-14-12(17)16(15-11)9-10-5-2-1-3-6-10/h1-3,5-6H,4,7-9,13H2,(H,14,15,17). The number of nitrogens with zero attached hydrogens (tertiary/aromatic N) is 2. The summed E-state index contributed by atoms with van der Waals surface area (Å²) in [6.07, 6.45) is 1.55. The van der Waals surface area contributed by atoms with Gasteiger partial charge in [-0.3, -0.25) is 4.98 Å². The Morgan fingerprint density at radius 2 is 2.06 bits per heavy atom. The molecule has 0 saturated carbocycles. The topological polar surface area (TPSA) is 76.7 Å². The number of rotatable bonds is 5. The Hall–Kier alpha value is -1.88. The number of hydrogen-bond acceptors (Lipinski definition) is 3. The van der Waals surface area contributed by atoms with Gasteiger partial charge in [0, 0.05) is 6.42 Å². The van der Waals surface area contributed by atoms with Crippen molar-refractivity contribution in [3.8, 4) is 0 Å². The largest absolute Gasteiger partial charge is 0.343 e. The molecule has 0 unspecified atom stereocenters. The molecule has 0 spiro atoms. The lowest BCUT2D eigenvalue weighted by Gasteiger charge is -1.99. The number of aryl methyl sites for hydroxylation is 1. The Kier molecular flexibility index (Phi) is 3.72. The van der Waals surface area contributed by atoms with Gasteiger partial charge in [-0.25, -0.2) is 9.48 Å². The lowest BCUT2D eigenvalue weighted by molar-refractivity contribution is 0.645. The van der Waals surface area contributed by atoms with E-state index in [1.165, 1.54) is 4.68 Å². The third-order valence-corrected chi connectivity index (χ3v) is 2.52. The minimum atomic E-state index is -0.166. The van der Waals surface area contributed by atoms with E-state index in [1.54, 1.807) is 0 Å². The number of benzene rings is 1. The zero-order valence-corrected chi connectivity index (χ0v) is 9.60. The average molecular weight is 232 g/mol. The molecule has 0 aliphatic carbocycles. The quantitative estimate of drug-likeness (QED) is 0.788. The first-order chi connectivity index (χ1) is 8.29. The normalized spacial score (nSPS) is 10.6. The Morgan fingerprint density at radius 1 is 1.29 bits per heavy atom. The molecule has 1 heterocycles. The van der Waals surface area contributed by atoms with Gasteiger partial charge in [0.05, 0.1) is 6.54 Å². The predicted octanol–water partition coefficient (Wildman–Crippen LogP) is 0.511. The van der Waals surface area contributed by atoms with E-state index in [0.717, 1.165) is 12.0 Å². The van der Waals surface area contributed by atoms with E-state index in [4.69, 9.17) is 5.73 Å². The van der Waals surface area contributed by atoms with E-state index in [-0.39, 0.29) is 5.69 Å². The number of nitrogens with one attached hydrogen (secondary N) is 1. The molecule has 0 atom stereocenters. The third kappa shape index (κ3) is 3.04. The van der Waals surface area contributed by atoms with E-state index in [2.05, 4.69) is 10.1 Å². The molecule has 2 aromatic rings. The molecule has 0 aliphatic rings. The molecule has 5 heteroatoms. The molecule has 1 aromatic carbocycles. The van der Waals surface area contributed by atoms with Crippen LogP contribution in [-0.2, 0) is 13.0 Å². The monoisotopic (exact) mass is 232 g/mol. The van der Waals surface area contributed by atoms with E-state index >= 15 is 0 Å². The summed E-state index contributed by atoms with van der Waals surface area (Å²) in [5, 5.41) is 4.24. The Balaban J connectivity index is 2.11. The van der Waals surface area contributed by atoms with Crippen LogP contribution in [-0.4, -0.2) is 21.3 Å². The van der Waals surface area contributed by atoms with E-state index in [1.807, 2.05) is 30.3 Å². The SMILES string of the molecule is NCCCc1nn(Cc2ccccc2)c(=O)[nH]1. The lowest BCUT2D eigenvalue weighted by Crippen LogP contribution is -2.18. The van der Waals surface area contributed by atoms with Crippen LogP contribution in [0.4, 0.5) is 0 Å². The number of hydrogen-bond donors (Lipinski definition) is 2. The van der Waals surface area contributed by atoms with Gasteiger partial charge in [-0.15, -0.1) is 0 Å². The molecule has 0 radical (unpaired) electrons. The van der Waals surface area contributed by atoms with Gasteiger partial charge in [-0.05, 0) is 18.5 Å². The maximum absolute atomic E-state index is 11.6. The van der Waals surface area contributed by atoms with E-state index < -0.39 is 0 Å². The minimum Gasteiger partial charge on any atom is -0.330 e. The van der Waals surface area contributed by atoms with Crippen molar-refractivity contribution < 1.29 is 0 Å². The molecular formula is C12H16N4O. The molecular weight excluding hydrogens is 216 g/mol. The zero-order valence-electron chi connectivity index (χ0n) is 9.60. The van der Waals surface area contributed by atoms with E-state index in [0.29, 0.717) is 25.3 Å². The second-order valence-corrected chi connectivity index (χ2v) is 3.91. The molecule has 0 bridgehead atoms. The van der Waals surface area contributed by atoms with Crippen LogP contribution >= 0.6 is 0 Å². The summed E-state index contributed by atoms with van der Waals surface area (Å²) < 4.78 is 1.45. The van der Waals surface area contributed by atoms with Gasteiger partial charge in [-0.1, -0.05) is 30.3 Å². The number of H-pyrrole nitrogens is 1. The van der Waals surface area contributed by atoms with Crippen molar-refractivity contribution in [3.05, 3.63) is 52.2 Å². The van der Waals surface area contributed by atoms with Gasteiger partial charge < -0.3 is 5.73 Å². The van der Waals surface area contributed by atoms with Crippen LogP contribution in [0.2, 0.25) is 0 Å². The highest BCUT2D eigenvalue weighted by Crippen LogP contribution is 2.00. The summed E-state index contributed by atoms with van der Waals surface area (Å²) in [5.74, 6) is 0.705. The average Bonchev–Trinajstić information content (AvgIpc) is 2.69. The highest BCUT2D eigenvalue weighted by molar-refractivity contribution is 5.14. The summed E-state index contributed by atoms with van der Waals surface area (Å²) in [5.41, 5.74) is 6.31. The van der Waals surface area contributed by atoms with E-state index in [9.17, 15) is 4.79 Å². The number of nitrogens with two attached hydrogens (primary N) is 1. The fraction of sp³-hybridized carbons (Fsp3) is 0.333. The van der Waals surface area contributed by atoms with Gasteiger partial charge >= 0.3 is 5.69 Å². The molecule has 17 heavy (non-hydrogen) atoms. The first-order valence-electron chi connectivity index (χ1n) is 5.69. The van der Waals surface area contributed by atoms with Crippen molar-refractivity contribution >= 4 is 0 Å². The van der Waals surface area contributed by atoms with Crippen molar-refractivity contribution in [2.75, 3.05) is 6.54 Å². The first kappa shape index (κ1) is 11.6. The van der Waals surface area contributed by atoms with Gasteiger partial charge in [-0.2, -0.15) is 5.10 Å². The molecule has 3 N–H and O–H groups in total. The molecule has 0 fully saturated rings. The van der Waals surface area contributed by atoms with Crippen molar-refractivity contribution in [1.29, 1.82) is 0 Å². The van der Waals surface area contributed by atoms with Crippen LogP contribution in [0.3, 0.4) is 0 Å².